The van der Waals surface area contributed by atoms with Gasteiger partial charge in [0.1, 0.15) is 6.33 Å². The van der Waals surface area contributed by atoms with E-state index in [1.807, 2.05) is 31.2 Å². The van der Waals surface area contributed by atoms with Crippen LogP contribution in [0.1, 0.15) is 11.4 Å². The Bertz CT molecular complexity index is 923. The number of hydrogen-bond acceptors (Lipinski definition) is 4. The van der Waals surface area contributed by atoms with Crippen molar-refractivity contribution in [1.29, 1.82) is 0 Å². The van der Waals surface area contributed by atoms with Gasteiger partial charge in [0.2, 0.25) is 10.0 Å². The summed E-state index contributed by atoms with van der Waals surface area (Å²) in [5.74, 6) is 0. The average Bonchev–Trinajstić information content (AvgIpc) is 2.53. The van der Waals surface area contributed by atoms with E-state index in [4.69, 9.17) is 0 Å². The van der Waals surface area contributed by atoms with Gasteiger partial charge in [-0.1, -0.05) is 30.3 Å². The van der Waals surface area contributed by atoms with Gasteiger partial charge in [-0.3, -0.25) is 0 Å². The molecule has 0 spiro atoms. The molecule has 1 heterocycles. The molecular formula is C16H15N3O2S. The number of aromatic nitrogens is 2. The number of aryl methyl sites for hydroxylation is 1. The molecule has 0 bridgehead atoms. The second kappa shape index (κ2) is 5.82. The van der Waals surface area contributed by atoms with Gasteiger partial charge in [-0.15, -0.1) is 0 Å². The third kappa shape index (κ3) is 3.13. The van der Waals surface area contributed by atoms with Crippen molar-refractivity contribution in [3.05, 3.63) is 66.2 Å². The van der Waals surface area contributed by atoms with Crippen molar-refractivity contribution in [1.82, 2.24) is 14.7 Å². The van der Waals surface area contributed by atoms with Crippen molar-refractivity contribution in [3.63, 3.8) is 0 Å². The Balaban J connectivity index is 1.85. The van der Waals surface area contributed by atoms with E-state index in [0.717, 1.165) is 16.5 Å². The lowest BCUT2D eigenvalue weighted by atomic mass is 10.1. The lowest BCUT2D eigenvalue weighted by molar-refractivity contribution is 0.580. The molecule has 3 aromatic rings. The summed E-state index contributed by atoms with van der Waals surface area (Å²) in [4.78, 5) is 8.28. The van der Waals surface area contributed by atoms with Crippen LogP contribution in [0.25, 0.3) is 10.8 Å². The van der Waals surface area contributed by atoms with Crippen molar-refractivity contribution in [3.8, 4) is 0 Å². The van der Waals surface area contributed by atoms with Crippen LogP contribution in [-0.4, -0.2) is 18.4 Å². The predicted molar refractivity (Wildman–Crippen MR) is 84.7 cm³/mol. The summed E-state index contributed by atoms with van der Waals surface area (Å²) >= 11 is 0. The molecule has 6 heteroatoms. The predicted octanol–water partition coefficient (Wildman–Crippen LogP) is 2.42. The fraction of sp³-hybridized carbons (Fsp3) is 0.125. The Kier molecular flexibility index (Phi) is 3.87. The van der Waals surface area contributed by atoms with E-state index in [9.17, 15) is 8.42 Å². The van der Waals surface area contributed by atoms with Crippen molar-refractivity contribution < 1.29 is 8.42 Å². The molecule has 0 aliphatic heterocycles. The molecule has 0 fully saturated rings. The van der Waals surface area contributed by atoms with E-state index in [2.05, 4.69) is 14.7 Å². The zero-order valence-corrected chi connectivity index (χ0v) is 12.8. The number of fused-ring (bicyclic) bond motifs is 1. The summed E-state index contributed by atoms with van der Waals surface area (Å²) in [7, 11) is -3.57. The van der Waals surface area contributed by atoms with Crippen LogP contribution in [0.15, 0.2) is 59.8 Å². The molecule has 0 amide bonds. The molecule has 2 aromatic carbocycles. The van der Waals surface area contributed by atoms with E-state index in [0.29, 0.717) is 5.69 Å². The molecule has 3 rings (SSSR count). The Morgan fingerprint density at radius 3 is 2.55 bits per heavy atom. The molecule has 0 saturated carbocycles. The van der Waals surface area contributed by atoms with Gasteiger partial charge in [-0.05, 0) is 35.9 Å². The van der Waals surface area contributed by atoms with Crippen molar-refractivity contribution >= 4 is 20.8 Å². The van der Waals surface area contributed by atoms with E-state index in [1.54, 1.807) is 24.3 Å². The lowest BCUT2D eigenvalue weighted by Gasteiger charge is -2.08. The van der Waals surface area contributed by atoms with Crippen LogP contribution in [-0.2, 0) is 16.6 Å². The SMILES string of the molecule is Cc1cc(CNS(=O)(=O)c2ccc3ccccc3c2)ncn1. The maximum atomic E-state index is 12.4. The molecule has 5 nitrogen and oxygen atoms in total. The smallest absolute Gasteiger partial charge is 0.240 e. The third-order valence-electron chi connectivity index (χ3n) is 3.33. The first-order valence-corrected chi connectivity index (χ1v) is 8.29. The minimum absolute atomic E-state index is 0.137. The molecule has 0 unspecified atom stereocenters. The summed E-state index contributed by atoms with van der Waals surface area (Å²) in [5, 5.41) is 1.90. The van der Waals surface area contributed by atoms with Crippen LogP contribution in [0.5, 0.6) is 0 Å². The van der Waals surface area contributed by atoms with Gasteiger partial charge in [0.15, 0.2) is 0 Å². The van der Waals surface area contributed by atoms with Crippen LogP contribution >= 0.6 is 0 Å². The van der Waals surface area contributed by atoms with Gasteiger partial charge in [-0.2, -0.15) is 0 Å². The van der Waals surface area contributed by atoms with Crippen LogP contribution in [0, 0.1) is 6.92 Å². The van der Waals surface area contributed by atoms with E-state index >= 15 is 0 Å². The molecule has 0 aliphatic carbocycles. The van der Waals surface area contributed by atoms with Gasteiger partial charge >= 0.3 is 0 Å². The van der Waals surface area contributed by atoms with E-state index in [1.165, 1.54) is 6.33 Å². The fourth-order valence-corrected chi connectivity index (χ4v) is 3.23. The number of rotatable bonds is 4. The van der Waals surface area contributed by atoms with Gasteiger partial charge in [0, 0.05) is 5.69 Å². The second-order valence-electron chi connectivity index (χ2n) is 4.98. The third-order valence-corrected chi connectivity index (χ3v) is 4.73. The number of hydrogen-bond donors (Lipinski definition) is 1. The largest absolute Gasteiger partial charge is 0.242 e. The minimum Gasteiger partial charge on any atom is -0.242 e. The zero-order chi connectivity index (χ0) is 15.6. The maximum Gasteiger partial charge on any atom is 0.240 e. The number of nitrogens with zero attached hydrogens (tertiary/aromatic N) is 2. The van der Waals surface area contributed by atoms with Gasteiger partial charge in [0.25, 0.3) is 0 Å². The van der Waals surface area contributed by atoms with Gasteiger partial charge < -0.3 is 0 Å². The highest BCUT2D eigenvalue weighted by molar-refractivity contribution is 7.89. The van der Waals surface area contributed by atoms with E-state index < -0.39 is 10.0 Å². The standard InChI is InChI=1S/C16H15N3O2S/c1-12-8-15(18-11-17-12)10-19-22(20,21)16-7-6-13-4-2-3-5-14(13)9-16/h2-9,11,19H,10H2,1H3. The molecule has 112 valence electrons. The van der Waals surface area contributed by atoms with E-state index in [-0.39, 0.29) is 11.4 Å². The number of nitrogens with one attached hydrogen (secondary N) is 1. The monoisotopic (exact) mass is 313 g/mol. The van der Waals surface area contributed by atoms with Crippen LogP contribution in [0.4, 0.5) is 0 Å². The topological polar surface area (TPSA) is 72.0 Å². The molecule has 0 aliphatic rings. The Morgan fingerprint density at radius 2 is 1.77 bits per heavy atom. The molecule has 22 heavy (non-hydrogen) atoms. The summed E-state index contributed by atoms with van der Waals surface area (Å²) in [6.07, 6.45) is 1.43. The summed E-state index contributed by atoms with van der Waals surface area (Å²) in [5.41, 5.74) is 1.44. The molecule has 0 radical (unpaired) electrons. The minimum atomic E-state index is -3.57. The van der Waals surface area contributed by atoms with Gasteiger partial charge in [0.05, 0.1) is 17.1 Å². The molecule has 0 atom stereocenters. The summed E-state index contributed by atoms with van der Waals surface area (Å²) < 4.78 is 27.3. The molecular weight excluding hydrogens is 298 g/mol. The van der Waals surface area contributed by atoms with Crippen molar-refractivity contribution in [2.24, 2.45) is 0 Å². The quantitative estimate of drug-likeness (QED) is 0.803. The first-order chi connectivity index (χ1) is 10.5. The normalized spacial score (nSPS) is 11.7. The lowest BCUT2D eigenvalue weighted by Crippen LogP contribution is -2.23. The molecule has 0 saturated heterocycles. The Morgan fingerprint density at radius 1 is 1.00 bits per heavy atom. The van der Waals surface area contributed by atoms with Crippen LogP contribution in [0.2, 0.25) is 0 Å². The summed E-state index contributed by atoms with van der Waals surface area (Å²) in [6.45, 7) is 1.97. The fourth-order valence-electron chi connectivity index (χ4n) is 2.19. The number of sulfonamides is 1. The highest BCUT2D eigenvalue weighted by Gasteiger charge is 2.14. The van der Waals surface area contributed by atoms with Crippen LogP contribution in [0.3, 0.4) is 0 Å². The molecule has 1 aromatic heterocycles. The Labute approximate surface area is 129 Å². The first kappa shape index (κ1) is 14.6. The van der Waals surface area contributed by atoms with Crippen LogP contribution < -0.4 is 4.72 Å². The van der Waals surface area contributed by atoms with Gasteiger partial charge in [-0.25, -0.2) is 23.1 Å². The summed E-state index contributed by atoms with van der Waals surface area (Å²) in [6, 6.07) is 14.5. The zero-order valence-electron chi connectivity index (χ0n) is 12.0. The molecule has 1 N–H and O–H groups in total. The highest BCUT2D eigenvalue weighted by atomic mass is 32.2. The number of benzene rings is 2. The maximum absolute atomic E-state index is 12.4. The van der Waals surface area contributed by atoms with Crippen molar-refractivity contribution in [2.75, 3.05) is 0 Å². The Hall–Kier alpha value is -2.31. The highest BCUT2D eigenvalue weighted by Crippen LogP contribution is 2.18. The van der Waals surface area contributed by atoms with Crippen molar-refractivity contribution in [2.45, 2.75) is 18.4 Å². The average molecular weight is 313 g/mol. The first-order valence-electron chi connectivity index (χ1n) is 6.81. The second-order valence-corrected chi connectivity index (χ2v) is 6.75.